The van der Waals surface area contributed by atoms with Crippen LogP contribution >= 0.6 is 15.9 Å². The van der Waals surface area contributed by atoms with E-state index in [4.69, 9.17) is 4.74 Å². The molecule has 0 saturated carbocycles. The van der Waals surface area contributed by atoms with E-state index in [1.165, 1.54) is 6.07 Å². The summed E-state index contributed by atoms with van der Waals surface area (Å²) in [5, 5.41) is 10.9. The van der Waals surface area contributed by atoms with Crippen LogP contribution in [0.2, 0.25) is 0 Å². The molecule has 0 radical (unpaired) electrons. The standard InChI is InChI=1S/C13H14BrNO5/c1-8(2)20-13(17)12(16)6-4-9-3-5-10(14)7-11(9)15(18)19/h3,5,7-8H,4,6H2,1-2H3. The van der Waals surface area contributed by atoms with Gasteiger partial charge < -0.3 is 4.74 Å². The summed E-state index contributed by atoms with van der Waals surface area (Å²) in [6.45, 7) is 3.29. The Balaban J connectivity index is 2.73. The summed E-state index contributed by atoms with van der Waals surface area (Å²) in [6, 6.07) is 4.58. The Hall–Kier alpha value is -1.76. The molecule has 0 N–H and O–H groups in total. The lowest BCUT2D eigenvalue weighted by Crippen LogP contribution is -2.21. The van der Waals surface area contributed by atoms with Crippen molar-refractivity contribution < 1.29 is 19.2 Å². The van der Waals surface area contributed by atoms with Crippen LogP contribution in [0.4, 0.5) is 5.69 Å². The van der Waals surface area contributed by atoms with Crippen LogP contribution in [-0.2, 0) is 20.7 Å². The zero-order valence-corrected chi connectivity index (χ0v) is 12.7. The summed E-state index contributed by atoms with van der Waals surface area (Å²) >= 11 is 3.15. The molecule has 7 heteroatoms. The summed E-state index contributed by atoms with van der Waals surface area (Å²) < 4.78 is 5.35. The Kier molecular flexibility index (Phi) is 5.82. The summed E-state index contributed by atoms with van der Waals surface area (Å²) in [4.78, 5) is 33.3. The zero-order chi connectivity index (χ0) is 15.3. The minimum absolute atomic E-state index is 0.0793. The summed E-state index contributed by atoms with van der Waals surface area (Å²) in [5.74, 6) is -1.59. The number of halogens is 1. The van der Waals surface area contributed by atoms with Crippen molar-refractivity contribution in [2.75, 3.05) is 0 Å². The molecule has 0 amide bonds. The lowest BCUT2D eigenvalue weighted by Gasteiger charge is -2.07. The molecule has 1 rings (SSSR count). The lowest BCUT2D eigenvalue weighted by atomic mass is 10.1. The molecule has 0 atom stereocenters. The third kappa shape index (κ3) is 4.73. The normalized spacial score (nSPS) is 10.4. The summed E-state index contributed by atoms with van der Waals surface area (Å²) in [7, 11) is 0. The van der Waals surface area contributed by atoms with E-state index in [0.717, 1.165) is 0 Å². The van der Waals surface area contributed by atoms with Crippen molar-refractivity contribution in [2.24, 2.45) is 0 Å². The lowest BCUT2D eigenvalue weighted by molar-refractivity contribution is -0.385. The maximum atomic E-state index is 11.5. The first-order chi connectivity index (χ1) is 9.31. The molecule has 6 nitrogen and oxygen atoms in total. The van der Waals surface area contributed by atoms with Crippen molar-refractivity contribution in [2.45, 2.75) is 32.8 Å². The minimum atomic E-state index is -0.903. The zero-order valence-electron chi connectivity index (χ0n) is 11.1. The molecule has 20 heavy (non-hydrogen) atoms. The number of rotatable bonds is 6. The van der Waals surface area contributed by atoms with Gasteiger partial charge in [-0.2, -0.15) is 0 Å². The van der Waals surface area contributed by atoms with E-state index in [9.17, 15) is 19.7 Å². The molecule has 0 saturated heterocycles. The van der Waals surface area contributed by atoms with Crippen molar-refractivity contribution in [3.8, 4) is 0 Å². The molecule has 0 aromatic heterocycles. The summed E-state index contributed by atoms with van der Waals surface area (Å²) in [6.07, 6.45) is -0.364. The predicted octanol–water partition coefficient (Wildman–Crippen LogP) is 2.81. The Morgan fingerprint density at radius 3 is 2.60 bits per heavy atom. The number of Topliss-reactive ketones (excluding diaryl/α,β-unsaturated/α-hetero) is 1. The number of hydrogen-bond acceptors (Lipinski definition) is 5. The molecular weight excluding hydrogens is 330 g/mol. The van der Waals surface area contributed by atoms with Crippen LogP contribution in [0.5, 0.6) is 0 Å². The Labute approximate surface area is 124 Å². The van der Waals surface area contributed by atoms with E-state index in [0.29, 0.717) is 10.0 Å². The third-order valence-corrected chi connectivity index (χ3v) is 2.93. The molecular formula is C13H14BrNO5. The van der Waals surface area contributed by atoms with Gasteiger partial charge in [0, 0.05) is 22.5 Å². The van der Waals surface area contributed by atoms with Gasteiger partial charge in [0.2, 0.25) is 5.78 Å². The van der Waals surface area contributed by atoms with Gasteiger partial charge in [0.05, 0.1) is 11.0 Å². The topological polar surface area (TPSA) is 86.5 Å². The molecule has 0 fully saturated rings. The first-order valence-corrected chi connectivity index (χ1v) is 6.77. The Morgan fingerprint density at radius 1 is 1.40 bits per heavy atom. The highest BCUT2D eigenvalue weighted by Gasteiger charge is 2.20. The van der Waals surface area contributed by atoms with Gasteiger partial charge in [0.25, 0.3) is 5.69 Å². The van der Waals surface area contributed by atoms with Crippen molar-refractivity contribution in [1.29, 1.82) is 0 Å². The van der Waals surface area contributed by atoms with Gasteiger partial charge in [0.1, 0.15) is 0 Å². The highest BCUT2D eigenvalue weighted by molar-refractivity contribution is 9.10. The number of nitro groups is 1. The number of benzene rings is 1. The maximum Gasteiger partial charge on any atom is 0.374 e. The average Bonchev–Trinajstić information content (AvgIpc) is 2.35. The number of aryl methyl sites for hydroxylation is 1. The van der Waals surface area contributed by atoms with Gasteiger partial charge >= 0.3 is 5.97 Å². The van der Waals surface area contributed by atoms with Gasteiger partial charge in [-0.3, -0.25) is 14.9 Å². The molecule has 0 spiro atoms. The van der Waals surface area contributed by atoms with Crippen LogP contribution in [0, 0.1) is 10.1 Å². The van der Waals surface area contributed by atoms with E-state index in [1.54, 1.807) is 26.0 Å². The Bertz CT molecular complexity index is 542. The third-order valence-electron chi connectivity index (χ3n) is 2.44. The molecule has 0 bridgehead atoms. The SMILES string of the molecule is CC(C)OC(=O)C(=O)CCc1ccc(Br)cc1[N+](=O)[O-]. The molecule has 1 aromatic rings. The van der Waals surface area contributed by atoms with E-state index >= 15 is 0 Å². The number of hydrogen-bond donors (Lipinski definition) is 0. The van der Waals surface area contributed by atoms with Gasteiger partial charge in [0.15, 0.2) is 0 Å². The molecule has 0 aliphatic rings. The van der Waals surface area contributed by atoms with Gasteiger partial charge in [-0.25, -0.2) is 4.79 Å². The van der Waals surface area contributed by atoms with Crippen LogP contribution in [0.15, 0.2) is 22.7 Å². The number of nitrogens with zero attached hydrogens (tertiary/aromatic N) is 1. The second-order valence-corrected chi connectivity index (χ2v) is 5.32. The van der Waals surface area contributed by atoms with Gasteiger partial charge in [-0.1, -0.05) is 22.0 Å². The molecule has 0 aliphatic heterocycles. The Morgan fingerprint density at radius 2 is 2.05 bits per heavy atom. The van der Waals surface area contributed by atoms with Gasteiger partial charge in [-0.05, 0) is 26.3 Å². The molecule has 108 valence electrons. The number of ether oxygens (including phenoxy) is 1. The monoisotopic (exact) mass is 343 g/mol. The van der Waals surface area contributed by atoms with Crippen molar-refractivity contribution >= 4 is 33.4 Å². The number of nitro benzene ring substituents is 1. The van der Waals surface area contributed by atoms with Crippen LogP contribution in [0.25, 0.3) is 0 Å². The fraction of sp³-hybridized carbons (Fsp3) is 0.385. The molecule has 0 aliphatic carbocycles. The number of carbonyl (C=O) groups excluding carboxylic acids is 2. The van der Waals surface area contributed by atoms with E-state index in [2.05, 4.69) is 15.9 Å². The van der Waals surface area contributed by atoms with Crippen molar-refractivity contribution in [1.82, 2.24) is 0 Å². The van der Waals surface area contributed by atoms with Crippen LogP contribution in [-0.4, -0.2) is 22.8 Å². The fourth-order valence-electron chi connectivity index (χ4n) is 1.55. The van der Waals surface area contributed by atoms with Crippen LogP contribution in [0.3, 0.4) is 0 Å². The largest absolute Gasteiger partial charge is 0.457 e. The minimum Gasteiger partial charge on any atom is -0.457 e. The first-order valence-electron chi connectivity index (χ1n) is 5.98. The van der Waals surface area contributed by atoms with Crippen molar-refractivity contribution in [3.63, 3.8) is 0 Å². The molecule has 0 unspecified atom stereocenters. The second-order valence-electron chi connectivity index (χ2n) is 4.41. The number of ketones is 1. The summed E-state index contributed by atoms with van der Waals surface area (Å²) in [5.41, 5.74) is 0.327. The fourth-order valence-corrected chi connectivity index (χ4v) is 1.90. The maximum absolute atomic E-state index is 11.5. The van der Waals surface area contributed by atoms with Crippen LogP contribution < -0.4 is 0 Å². The van der Waals surface area contributed by atoms with Crippen molar-refractivity contribution in [3.05, 3.63) is 38.3 Å². The predicted molar refractivity (Wildman–Crippen MR) is 75.4 cm³/mol. The van der Waals surface area contributed by atoms with E-state index in [1.807, 2.05) is 0 Å². The highest BCUT2D eigenvalue weighted by Crippen LogP contribution is 2.24. The van der Waals surface area contributed by atoms with Gasteiger partial charge in [-0.15, -0.1) is 0 Å². The van der Waals surface area contributed by atoms with E-state index < -0.39 is 16.7 Å². The molecule has 1 aromatic carbocycles. The molecule has 0 heterocycles. The quantitative estimate of drug-likeness (QED) is 0.343. The first kappa shape index (κ1) is 16.3. The smallest absolute Gasteiger partial charge is 0.374 e. The number of esters is 1. The highest BCUT2D eigenvalue weighted by atomic mass is 79.9. The second kappa shape index (κ2) is 7.14. The average molecular weight is 344 g/mol. The van der Waals surface area contributed by atoms with E-state index in [-0.39, 0.29) is 24.6 Å². The number of carbonyl (C=O) groups is 2. The van der Waals surface area contributed by atoms with Crippen LogP contribution in [0.1, 0.15) is 25.8 Å².